The number of benzene rings is 2. The number of amides is 3. The van der Waals surface area contributed by atoms with Crippen LogP contribution in [0.2, 0.25) is 0 Å². The van der Waals surface area contributed by atoms with Gasteiger partial charge in [0, 0.05) is 25.0 Å². The maximum absolute atomic E-state index is 13.5. The summed E-state index contributed by atoms with van der Waals surface area (Å²) in [7, 11) is -1.85. The second-order valence-electron chi connectivity index (χ2n) is 9.02. The summed E-state index contributed by atoms with van der Waals surface area (Å²) in [5, 5.41) is 0.833. The van der Waals surface area contributed by atoms with Crippen molar-refractivity contribution in [3.63, 3.8) is 0 Å². The van der Waals surface area contributed by atoms with Crippen molar-refractivity contribution in [3.05, 3.63) is 60.3 Å². The Morgan fingerprint density at radius 2 is 1.67 bits per heavy atom. The zero-order chi connectivity index (χ0) is 26.0. The lowest BCUT2D eigenvalue weighted by Gasteiger charge is -2.26. The van der Waals surface area contributed by atoms with Gasteiger partial charge >= 0.3 is 11.5 Å². The second kappa shape index (κ2) is 7.92. The highest BCUT2D eigenvalue weighted by molar-refractivity contribution is 7.92. The van der Waals surface area contributed by atoms with Crippen LogP contribution in [0.1, 0.15) is 18.4 Å². The quantitative estimate of drug-likeness (QED) is 0.473. The van der Waals surface area contributed by atoms with Crippen LogP contribution in [0.3, 0.4) is 0 Å². The average molecular weight is 519 g/mol. The molecular weight excluding hydrogens is 497 g/mol. The van der Waals surface area contributed by atoms with E-state index in [2.05, 4.69) is 4.98 Å². The molecule has 0 N–H and O–H groups in total. The monoisotopic (exact) mass is 518 g/mol. The summed E-state index contributed by atoms with van der Waals surface area (Å²) in [6.45, 7) is 0.123. The van der Waals surface area contributed by atoms with E-state index in [0.717, 1.165) is 51.3 Å². The number of imide groups is 1. The normalized spacial score (nSPS) is 17.4. The summed E-state index contributed by atoms with van der Waals surface area (Å²) in [5.41, 5.74) is -4.16. The lowest BCUT2D eigenvalue weighted by atomic mass is 10.1. The molecule has 3 aromatic rings. The van der Waals surface area contributed by atoms with E-state index in [1.54, 1.807) is 6.20 Å². The van der Waals surface area contributed by atoms with Gasteiger partial charge in [0.2, 0.25) is 0 Å². The summed E-state index contributed by atoms with van der Waals surface area (Å²) < 4.78 is 62.1. The Balaban J connectivity index is 1.52. The zero-order valence-electron chi connectivity index (χ0n) is 19.3. The predicted octanol–water partition coefficient (Wildman–Crippen LogP) is 4.10. The largest absolute Gasteiger partial charge is 0.501 e. The molecule has 2 heterocycles. The van der Waals surface area contributed by atoms with Crippen LogP contribution in [0.5, 0.6) is 0 Å². The number of alkyl halides is 3. The first kappa shape index (κ1) is 24.0. The second-order valence-corrected chi connectivity index (χ2v) is 11.0. The number of halogens is 3. The average Bonchev–Trinajstić information content (AvgIpc) is 3.60. The third kappa shape index (κ3) is 3.50. The van der Waals surface area contributed by atoms with Gasteiger partial charge < -0.3 is 9.80 Å². The summed E-state index contributed by atoms with van der Waals surface area (Å²) in [4.78, 5) is 34.7. The standard InChI is InChI=1S/C24H21F3N4O4S/c1-29(2)20-13-28-19-6-4-3-5-17(19)18(20)14-30-22(33)31(21(32)23(30)11-12-23)15-7-9-16(10-8-15)36(34,35)24(25,26)27/h3-10,13H,11-12,14H2,1-2H3. The molecule has 8 nitrogen and oxygen atoms in total. The van der Waals surface area contributed by atoms with Gasteiger partial charge in [-0.1, -0.05) is 18.2 Å². The summed E-state index contributed by atoms with van der Waals surface area (Å²) in [6, 6.07) is 10.4. The van der Waals surface area contributed by atoms with E-state index in [4.69, 9.17) is 0 Å². The lowest BCUT2D eigenvalue weighted by molar-refractivity contribution is -0.120. The van der Waals surface area contributed by atoms with Crippen LogP contribution in [0, 0.1) is 0 Å². The van der Waals surface area contributed by atoms with Gasteiger partial charge in [0.05, 0.1) is 34.5 Å². The van der Waals surface area contributed by atoms with Gasteiger partial charge in [0.25, 0.3) is 15.7 Å². The van der Waals surface area contributed by atoms with Crippen molar-refractivity contribution in [2.24, 2.45) is 0 Å². The van der Waals surface area contributed by atoms with Crippen LogP contribution in [-0.4, -0.2) is 55.4 Å². The van der Waals surface area contributed by atoms with Gasteiger partial charge in [-0.25, -0.2) is 18.1 Å². The zero-order valence-corrected chi connectivity index (χ0v) is 20.1. The Morgan fingerprint density at radius 3 is 2.25 bits per heavy atom. The number of rotatable bonds is 5. The summed E-state index contributed by atoms with van der Waals surface area (Å²) in [6.07, 6.45) is 2.61. The highest BCUT2D eigenvalue weighted by Gasteiger charge is 2.65. The molecule has 0 unspecified atom stereocenters. The maximum Gasteiger partial charge on any atom is 0.501 e. The highest BCUT2D eigenvalue weighted by Crippen LogP contribution is 2.50. The molecule has 12 heteroatoms. The fourth-order valence-corrected chi connectivity index (χ4v) is 5.33. The number of sulfone groups is 1. The number of urea groups is 1. The minimum absolute atomic E-state index is 0.00678. The van der Waals surface area contributed by atoms with Crippen molar-refractivity contribution in [1.82, 2.24) is 9.88 Å². The van der Waals surface area contributed by atoms with Crippen molar-refractivity contribution >= 4 is 44.1 Å². The van der Waals surface area contributed by atoms with E-state index in [1.807, 2.05) is 43.3 Å². The minimum Gasteiger partial charge on any atom is -0.376 e. The summed E-state index contributed by atoms with van der Waals surface area (Å²) in [5.74, 6) is -0.483. The van der Waals surface area contributed by atoms with Gasteiger partial charge in [-0.3, -0.25) is 9.78 Å². The Hall–Kier alpha value is -3.67. The molecule has 1 spiro atoms. The predicted molar refractivity (Wildman–Crippen MR) is 126 cm³/mol. The molecule has 5 rings (SSSR count). The third-order valence-electron chi connectivity index (χ3n) is 6.64. The molecule has 1 saturated carbocycles. The van der Waals surface area contributed by atoms with Crippen molar-refractivity contribution in [2.45, 2.75) is 35.3 Å². The molecule has 0 bridgehead atoms. The van der Waals surface area contributed by atoms with Crippen LogP contribution >= 0.6 is 0 Å². The number of hydrogen-bond acceptors (Lipinski definition) is 6. The lowest BCUT2D eigenvalue weighted by Crippen LogP contribution is -2.37. The topological polar surface area (TPSA) is 90.9 Å². The van der Waals surface area contributed by atoms with E-state index < -0.39 is 37.7 Å². The molecule has 3 amide bonds. The third-order valence-corrected chi connectivity index (χ3v) is 8.14. The van der Waals surface area contributed by atoms with E-state index in [0.29, 0.717) is 12.8 Å². The molecule has 36 heavy (non-hydrogen) atoms. The number of carbonyl (C=O) groups is 2. The SMILES string of the molecule is CN(C)c1cnc2ccccc2c1CN1C(=O)N(c2ccc(S(=O)(=O)C(F)(F)F)cc2)C(=O)C12CC2. The number of carbonyl (C=O) groups excluding carboxylic acids is 2. The van der Waals surface area contributed by atoms with Crippen molar-refractivity contribution < 1.29 is 31.2 Å². The first-order valence-corrected chi connectivity index (χ1v) is 12.5. The van der Waals surface area contributed by atoms with Crippen LogP contribution in [0.25, 0.3) is 10.9 Å². The van der Waals surface area contributed by atoms with Gasteiger partial charge in [-0.05, 0) is 43.2 Å². The Morgan fingerprint density at radius 1 is 1.03 bits per heavy atom. The van der Waals surface area contributed by atoms with Crippen LogP contribution in [0.4, 0.5) is 29.3 Å². The number of nitrogens with zero attached hydrogens (tertiary/aromatic N) is 4. The fourth-order valence-electron chi connectivity index (χ4n) is 4.57. The van der Waals surface area contributed by atoms with E-state index in [1.165, 1.54) is 4.90 Å². The number of fused-ring (bicyclic) bond motifs is 1. The number of para-hydroxylation sites is 1. The molecule has 188 valence electrons. The number of anilines is 2. The molecule has 1 aliphatic carbocycles. The number of hydrogen-bond donors (Lipinski definition) is 0. The smallest absolute Gasteiger partial charge is 0.376 e. The van der Waals surface area contributed by atoms with E-state index in [-0.39, 0.29) is 12.2 Å². The minimum atomic E-state index is -5.55. The van der Waals surface area contributed by atoms with Gasteiger partial charge in [0.15, 0.2) is 0 Å². The van der Waals surface area contributed by atoms with Crippen molar-refractivity contribution in [3.8, 4) is 0 Å². The van der Waals surface area contributed by atoms with E-state index >= 15 is 0 Å². The molecule has 2 aromatic carbocycles. The molecule has 1 aromatic heterocycles. The summed E-state index contributed by atoms with van der Waals surface area (Å²) >= 11 is 0. The molecule has 2 aliphatic rings. The molecule has 1 saturated heterocycles. The maximum atomic E-state index is 13.5. The Kier molecular flexibility index (Phi) is 5.29. The van der Waals surface area contributed by atoms with Crippen LogP contribution < -0.4 is 9.80 Å². The first-order valence-electron chi connectivity index (χ1n) is 11.0. The molecule has 0 atom stereocenters. The first-order chi connectivity index (χ1) is 16.9. The van der Waals surface area contributed by atoms with Gasteiger partial charge in [-0.2, -0.15) is 13.2 Å². The fraction of sp³-hybridized carbons (Fsp3) is 0.292. The van der Waals surface area contributed by atoms with Crippen molar-refractivity contribution in [1.29, 1.82) is 0 Å². The molecule has 2 fully saturated rings. The molecular formula is C24H21F3N4O4S. The Labute approximate surface area is 204 Å². The Bertz CT molecular complexity index is 1500. The van der Waals surface area contributed by atoms with Gasteiger partial charge in [0.1, 0.15) is 5.54 Å². The van der Waals surface area contributed by atoms with Crippen molar-refractivity contribution in [2.75, 3.05) is 23.9 Å². The van der Waals surface area contributed by atoms with Crippen LogP contribution in [0.15, 0.2) is 59.6 Å². The van der Waals surface area contributed by atoms with Crippen LogP contribution in [-0.2, 0) is 21.2 Å². The highest BCUT2D eigenvalue weighted by atomic mass is 32.2. The molecule has 1 aliphatic heterocycles. The van der Waals surface area contributed by atoms with Gasteiger partial charge in [-0.15, -0.1) is 0 Å². The molecule has 0 radical (unpaired) electrons. The number of pyridine rings is 1. The number of aromatic nitrogens is 1. The van der Waals surface area contributed by atoms with E-state index in [9.17, 15) is 31.2 Å².